The second kappa shape index (κ2) is 14.1. The van der Waals surface area contributed by atoms with Crippen molar-refractivity contribution in [2.45, 2.75) is 75.0 Å². The third kappa shape index (κ3) is 5.18. The molecule has 316 valence electrons. The van der Waals surface area contributed by atoms with E-state index in [1.54, 1.807) is 22.3 Å². The first kappa shape index (κ1) is 37.1. The second-order valence-electron chi connectivity index (χ2n) is 22.4. The van der Waals surface area contributed by atoms with Gasteiger partial charge < -0.3 is 0 Å². The Kier molecular flexibility index (Phi) is 8.19. The van der Waals surface area contributed by atoms with Gasteiger partial charge in [-0.2, -0.15) is 0 Å². The van der Waals surface area contributed by atoms with Gasteiger partial charge >= 0.3 is 0 Å². The van der Waals surface area contributed by atoms with Gasteiger partial charge in [0.05, 0.1) is 0 Å². The average molecular weight is 829 g/mol. The molecular weight excluding hydrogens is 769 g/mol. The summed E-state index contributed by atoms with van der Waals surface area (Å²) in [6, 6.07) is 67.3. The Bertz CT molecular complexity index is 2680. The maximum Gasteiger partial charge on any atom is -0.0122 e. The minimum Gasteiger partial charge on any atom is -0.0616 e. The summed E-state index contributed by atoms with van der Waals surface area (Å²) in [5, 5.41) is 11.9. The lowest BCUT2D eigenvalue weighted by molar-refractivity contribution is -0.180. The SMILES string of the molecule is c1ccc2c(C3CC4C5CC(c6cccc7ccccc67)C6CCC7C(c8cccc9ccccc89)CC(C8CC(c9cccc%10ccccc9%10)C9CCC3C9C48)C5C67)cccc2c1. The maximum atomic E-state index is 2.59. The van der Waals surface area contributed by atoms with Crippen LogP contribution in [0.1, 0.15) is 97.3 Å². The molecule has 0 nitrogen and oxygen atoms in total. The van der Waals surface area contributed by atoms with Crippen molar-refractivity contribution in [3.05, 3.63) is 192 Å². The molecule has 0 radical (unpaired) electrons. The monoisotopic (exact) mass is 828 g/mol. The minimum absolute atomic E-state index is 0.644. The van der Waals surface area contributed by atoms with Crippen LogP contribution >= 0.6 is 0 Å². The summed E-state index contributed by atoms with van der Waals surface area (Å²) >= 11 is 0. The Morgan fingerprint density at radius 3 is 0.703 bits per heavy atom. The van der Waals surface area contributed by atoms with Gasteiger partial charge in [-0.3, -0.25) is 0 Å². The molecule has 0 aromatic heterocycles. The Morgan fingerprint density at radius 2 is 0.438 bits per heavy atom. The van der Waals surface area contributed by atoms with Crippen LogP contribution in [0, 0.1) is 71.0 Å². The van der Waals surface area contributed by atoms with Crippen LogP contribution in [0.4, 0.5) is 0 Å². The lowest BCUT2D eigenvalue weighted by atomic mass is 9.36. The quantitative estimate of drug-likeness (QED) is 0.166. The van der Waals surface area contributed by atoms with E-state index in [4.69, 9.17) is 0 Å². The molecule has 7 aliphatic carbocycles. The molecule has 0 N–H and O–H groups in total. The molecule has 0 spiro atoms. The molecular formula is C64H60. The topological polar surface area (TPSA) is 0 Å². The summed E-state index contributed by atoms with van der Waals surface area (Å²) < 4.78 is 0. The van der Waals surface area contributed by atoms with Crippen molar-refractivity contribution in [3.8, 4) is 0 Å². The van der Waals surface area contributed by atoms with Crippen molar-refractivity contribution >= 4 is 43.1 Å². The Hall–Kier alpha value is -5.20. The van der Waals surface area contributed by atoms with Crippen LogP contribution in [0.5, 0.6) is 0 Å². The largest absolute Gasteiger partial charge is 0.0616 e. The Morgan fingerprint density at radius 1 is 0.219 bits per heavy atom. The van der Waals surface area contributed by atoms with Gasteiger partial charge in [-0.05, 0) is 211 Å². The van der Waals surface area contributed by atoms with Crippen LogP contribution in [-0.4, -0.2) is 0 Å². The van der Waals surface area contributed by atoms with Crippen LogP contribution in [0.25, 0.3) is 43.1 Å². The van der Waals surface area contributed by atoms with E-state index in [0.29, 0.717) is 23.7 Å². The molecule has 15 rings (SSSR count). The fraction of sp³-hybridized carbons (Fsp3) is 0.375. The summed E-state index contributed by atoms with van der Waals surface area (Å²) in [7, 11) is 0. The average Bonchev–Trinajstić information content (AvgIpc) is 4.02. The molecule has 0 saturated heterocycles. The van der Waals surface area contributed by atoms with Crippen molar-refractivity contribution in [2.24, 2.45) is 71.0 Å². The van der Waals surface area contributed by atoms with Crippen LogP contribution in [0.3, 0.4) is 0 Å². The van der Waals surface area contributed by atoms with Gasteiger partial charge in [-0.15, -0.1) is 0 Å². The summed E-state index contributed by atoms with van der Waals surface area (Å²) in [6.45, 7) is 0. The van der Waals surface area contributed by atoms with Crippen molar-refractivity contribution in [1.82, 2.24) is 0 Å². The van der Waals surface area contributed by atoms with Crippen LogP contribution in [-0.2, 0) is 0 Å². The van der Waals surface area contributed by atoms with E-state index in [1.807, 2.05) is 0 Å². The van der Waals surface area contributed by atoms with Gasteiger partial charge in [0.25, 0.3) is 0 Å². The number of fused-ring (bicyclic) bond motifs is 6. The zero-order valence-electron chi connectivity index (χ0n) is 37.1. The van der Waals surface area contributed by atoms with Gasteiger partial charge in [0.2, 0.25) is 0 Å². The first-order valence-electron chi connectivity index (χ1n) is 25.7. The molecule has 12 atom stereocenters. The molecule has 0 bridgehead atoms. The van der Waals surface area contributed by atoms with Crippen molar-refractivity contribution in [1.29, 1.82) is 0 Å². The summed E-state index contributed by atoms with van der Waals surface area (Å²) in [6.07, 6.45) is 11.3. The molecule has 0 heteroatoms. The third-order valence-corrected chi connectivity index (χ3v) is 20.7. The highest BCUT2D eigenvalue weighted by Crippen LogP contribution is 2.77. The molecule has 7 aliphatic rings. The van der Waals surface area contributed by atoms with E-state index < -0.39 is 0 Å². The molecule has 64 heavy (non-hydrogen) atoms. The minimum atomic E-state index is 0.644. The van der Waals surface area contributed by atoms with Crippen molar-refractivity contribution < 1.29 is 0 Å². The highest BCUT2D eigenvalue weighted by molar-refractivity contribution is 5.89. The van der Waals surface area contributed by atoms with Gasteiger partial charge in [0.15, 0.2) is 0 Å². The zero-order chi connectivity index (χ0) is 41.6. The molecule has 7 fully saturated rings. The van der Waals surface area contributed by atoms with Gasteiger partial charge in [-0.25, -0.2) is 0 Å². The molecule has 0 amide bonds. The maximum absolute atomic E-state index is 2.59. The van der Waals surface area contributed by atoms with E-state index in [2.05, 4.69) is 170 Å². The predicted molar refractivity (Wildman–Crippen MR) is 266 cm³/mol. The Balaban J connectivity index is 0.947. The van der Waals surface area contributed by atoms with Crippen molar-refractivity contribution in [2.75, 3.05) is 0 Å². The number of hydrogen-bond acceptors (Lipinski definition) is 0. The van der Waals surface area contributed by atoms with Crippen molar-refractivity contribution in [3.63, 3.8) is 0 Å². The number of benzene rings is 8. The van der Waals surface area contributed by atoms with Gasteiger partial charge in [0, 0.05) is 0 Å². The molecule has 0 heterocycles. The molecule has 0 aliphatic heterocycles. The standard InChI is InChI=1S/C64H60/c1-5-21-41-37(13-1)17-9-25-45(41)53-33-57-58-34-55(47-27-11-19-39-15-3-7-23-43(39)47)51-31-32-52-56(48-28-12-20-40-16-4-8-24-44(40)48)36-60(64(58)62(51)52)59-35-54(50-30-29-49(53)61(50)63(57)59)46-26-10-18-38-14-2-6-22-42(38)46/h1-28,49-64H,29-36H2. The fourth-order valence-electron chi connectivity index (χ4n) is 19.0. The van der Waals surface area contributed by atoms with Crippen LogP contribution in [0.2, 0.25) is 0 Å². The zero-order valence-corrected chi connectivity index (χ0v) is 37.1. The molecule has 7 saturated carbocycles. The van der Waals surface area contributed by atoms with E-state index in [-0.39, 0.29) is 0 Å². The number of hydrogen-bond donors (Lipinski definition) is 0. The normalized spacial score (nSPS) is 36.9. The first-order valence-corrected chi connectivity index (χ1v) is 25.7. The van der Waals surface area contributed by atoms with E-state index in [1.165, 1.54) is 94.5 Å². The smallest absolute Gasteiger partial charge is 0.0122 e. The molecule has 8 aromatic rings. The van der Waals surface area contributed by atoms with Crippen LogP contribution in [0.15, 0.2) is 170 Å². The summed E-state index contributed by atoms with van der Waals surface area (Å²) in [5.41, 5.74) is 6.74. The lowest BCUT2D eigenvalue weighted by Crippen LogP contribution is -2.62. The highest BCUT2D eigenvalue weighted by Gasteiger charge is 2.69. The summed E-state index contributed by atoms with van der Waals surface area (Å²) in [5.74, 6) is 12.2. The number of rotatable bonds is 4. The van der Waals surface area contributed by atoms with Crippen LogP contribution < -0.4 is 0 Å². The predicted octanol–water partition coefficient (Wildman–Crippen LogP) is 16.3. The van der Waals surface area contributed by atoms with E-state index in [9.17, 15) is 0 Å². The lowest BCUT2D eigenvalue weighted by Gasteiger charge is -2.68. The highest BCUT2D eigenvalue weighted by atomic mass is 14.7. The van der Waals surface area contributed by atoms with Gasteiger partial charge in [-0.1, -0.05) is 170 Å². The molecule has 8 aromatic carbocycles. The fourth-order valence-corrected chi connectivity index (χ4v) is 19.0. The van der Waals surface area contributed by atoms with E-state index in [0.717, 1.165) is 71.0 Å². The summed E-state index contributed by atoms with van der Waals surface area (Å²) in [4.78, 5) is 0. The molecule has 12 unspecified atom stereocenters. The Labute approximate surface area is 379 Å². The van der Waals surface area contributed by atoms with E-state index >= 15 is 0 Å². The first-order chi connectivity index (χ1) is 31.8. The third-order valence-electron chi connectivity index (χ3n) is 20.7. The second-order valence-corrected chi connectivity index (χ2v) is 22.4. The van der Waals surface area contributed by atoms with Gasteiger partial charge in [0.1, 0.15) is 0 Å².